The van der Waals surface area contributed by atoms with Crippen LogP contribution in [-0.4, -0.2) is 23.9 Å². The van der Waals surface area contributed by atoms with Crippen LogP contribution < -0.4 is 5.32 Å². The SMILES string of the molecule is CCN(/C=C(/C#N)C(=O)NC(c1ccccc1)c1ccccc1)CC. The summed E-state index contributed by atoms with van der Waals surface area (Å²) < 4.78 is 0. The maximum atomic E-state index is 12.7. The van der Waals surface area contributed by atoms with Gasteiger partial charge >= 0.3 is 0 Å². The van der Waals surface area contributed by atoms with Crippen LogP contribution in [0, 0.1) is 11.3 Å². The lowest BCUT2D eigenvalue weighted by atomic mass is 9.98. The Hall–Kier alpha value is -3.06. The molecular formula is C21H23N3O. The molecule has 2 aromatic carbocycles. The van der Waals surface area contributed by atoms with Gasteiger partial charge in [0, 0.05) is 19.3 Å². The van der Waals surface area contributed by atoms with Gasteiger partial charge in [-0.3, -0.25) is 4.79 Å². The Balaban J connectivity index is 2.31. The highest BCUT2D eigenvalue weighted by molar-refractivity contribution is 5.97. The first-order valence-corrected chi connectivity index (χ1v) is 8.46. The quantitative estimate of drug-likeness (QED) is 0.622. The van der Waals surface area contributed by atoms with E-state index in [4.69, 9.17) is 0 Å². The van der Waals surface area contributed by atoms with Gasteiger partial charge in [-0.05, 0) is 25.0 Å². The second-order valence-corrected chi connectivity index (χ2v) is 5.60. The zero-order chi connectivity index (χ0) is 18.1. The van der Waals surface area contributed by atoms with Crippen molar-refractivity contribution in [1.82, 2.24) is 10.2 Å². The number of nitrogens with one attached hydrogen (secondary N) is 1. The normalized spacial score (nSPS) is 11.0. The highest BCUT2D eigenvalue weighted by Crippen LogP contribution is 2.22. The van der Waals surface area contributed by atoms with E-state index < -0.39 is 0 Å². The molecule has 25 heavy (non-hydrogen) atoms. The monoisotopic (exact) mass is 333 g/mol. The molecule has 0 saturated carbocycles. The Morgan fingerprint density at radius 2 is 1.52 bits per heavy atom. The molecule has 0 aromatic heterocycles. The maximum absolute atomic E-state index is 12.7. The summed E-state index contributed by atoms with van der Waals surface area (Å²) in [6, 6.07) is 21.2. The number of hydrogen-bond acceptors (Lipinski definition) is 3. The number of hydrogen-bond donors (Lipinski definition) is 1. The number of nitriles is 1. The first-order chi connectivity index (χ1) is 12.2. The van der Waals surface area contributed by atoms with Crippen LogP contribution in [0.2, 0.25) is 0 Å². The Bertz CT molecular complexity index is 704. The van der Waals surface area contributed by atoms with Crippen LogP contribution in [0.3, 0.4) is 0 Å². The highest BCUT2D eigenvalue weighted by Gasteiger charge is 2.19. The molecule has 0 fully saturated rings. The van der Waals surface area contributed by atoms with E-state index in [1.165, 1.54) is 0 Å². The van der Waals surface area contributed by atoms with Crippen molar-refractivity contribution in [3.63, 3.8) is 0 Å². The van der Waals surface area contributed by atoms with Crippen molar-refractivity contribution in [2.75, 3.05) is 13.1 Å². The summed E-state index contributed by atoms with van der Waals surface area (Å²) in [5.74, 6) is -0.368. The van der Waals surface area contributed by atoms with Gasteiger partial charge in [0.15, 0.2) is 0 Å². The van der Waals surface area contributed by atoms with E-state index in [2.05, 4.69) is 5.32 Å². The van der Waals surface area contributed by atoms with Crippen LogP contribution in [0.5, 0.6) is 0 Å². The van der Waals surface area contributed by atoms with E-state index in [-0.39, 0.29) is 17.5 Å². The van der Waals surface area contributed by atoms with Crippen molar-refractivity contribution in [1.29, 1.82) is 5.26 Å². The van der Waals surface area contributed by atoms with Crippen molar-refractivity contribution >= 4 is 5.91 Å². The third-order valence-electron chi connectivity index (χ3n) is 4.03. The number of carbonyl (C=O) groups is 1. The molecule has 128 valence electrons. The Morgan fingerprint density at radius 1 is 1.04 bits per heavy atom. The molecule has 2 aromatic rings. The van der Waals surface area contributed by atoms with E-state index in [0.29, 0.717) is 0 Å². The standard InChI is InChI=1S/C21H23N3O/c1-3-24(4-2)16-19(15-22)21(25)23-20(17-11-7-5-8-12-17)18-13-9-6-10-14-18/h5-14,16,20H,3-4H2,1-2H3,(H,23,25)/b19-16-. The van der Waals surface area contributed by atoms with Gasteiger partial charge in [-0.2, -0.15) is 5.26 Å². The largest absolute Gasteiger partial charge is 0.377 e. The first kappa shape index (κ1) is 18.3. The molecule has 0 heterocycles. The third kappa shape index (κ3) is 4.95. The van der Waals surface area contributed by atoms with Crippen molar-refractivity contribution in [3.05, 3.63) is 83.6 Å². The maximum Gasteiger partial charge on any atom is 0.264 e. The Labute approximate surface area is 149 Å². The average Bonchev–Trinajstić information content (AvgIpc) is 2.68. The molecule has 1 amide bonds. The fourth-order valence-electron chi connectivity index (χ4n) is 2.59. The molecule has 2 rings (SSSR count). The molecule has 0 aliphatic rings. The molecule has 0 unspecified atom stereocenters. The van der Waals surface area contributed by atoms with E-state index in [1.807, 2.05) is 85.5 Å². The minimum absolute atomic E-state index is 0.112. The summed E-state index contributed by atoms with van der Waals surface area (Å²) in [5.41, 5.74) is 2.06. The number of rotatable bonds is 7. The minimum atomic E-state index is -0.368. The van der Waals surface area contributed by atoms with Gasteiger partial charge in [0.1, 0.15) is 11.6 Å². The second kappa shape index (κ2) is 9.29. The fourth-order valence-corrected chi connectivity index (χ4v) is 2.59. The molecule has 4 nitrogen and oxygen atoms in total. The van der Waals surface area contributed by atoms with Gasteiger partial charge in [-0.15, -0.1) is 0 Å². The molecular weight excluding hydrogens is 310 g/mol. The molecule has 0 aliphatic carbocycles. The molecule has 0 spiro atoms. The Kier molecular flexibility index (Phi) is 6.79. The lowest BCUT2D eigenvalue weighted by Crippen LogP contribution is -2.31. The summed E-state index contributed by atoms with van der Waals surface area (Å²) in [5, 5.41) is 12.4. The number of nitrogens with zero attached hydrogens (tertiary/aromatic N) is 2. The topological polar surface area (TPSA) is 56.1 Å². The van der Waals surface area contributed by atoms with Crippen LogP contribution in [0.4, 0.5) is 0 Å². The lowest BCUT2D eigenvalue weighted by molar-refractivity contribution is -0.117. The Morgan fingerprint density at radius 3 is 1.92 bits per heavy atom. The molecule has 0 atom stereocenters. The van der Waals surface area contributed by atoms with E-state index in [0.717, 1.165) is 24.2 Å². The summed E-state index contributed by atoms with van der Waals surface area (Å²) >= 11 is 0. The first-order valence-electron chi connectivity index (χ1n) is 8.46. The fraction of sp³-hybridized carbons (Fsp3) is 0.238. The summed E-state index contributed by atoms with van der Waals surface area (Å²) in [6.07, 6.45) is 1.63. The van der Waals surface area contributed by atoms with E-state index in [1.54, 1.807) is 6.20 Å². The molecule has 4 heteroatoms. The molecule has 0 saturated heterocycles. The molecule has 1 N–H and O–H groups in total. The van der Waals surface area contributed by atoms with Crippen LogP contribution >= 0.6 is 0 Å². The predicted molar refractivity (Wildman–Crippen MR) is 99.5 cm³/mol. The van der Waals surface area contributed by atoms with Gasteiger partial charge in [-0.1, -0.05) is 60.7 Å². The van der Waals surface area contributed by atoms with Crippen molar-refractivity contribution < 1.29 is 4.79 Å². The van der Waals surface area contributed by atoms with Gasteiger partial charge in [0.25, 0.3) is 5.91 Å². The van der Waals surface area contributed by atoms with Crippen LogP contribution in [0.15, 0.2) is 72.4 Å². The summed E-state index contributed by atoms with van der Waals surface area (Å²) in [4.78, 5) is 14.6. The second-order valence-electron chi connectivity index (χ2n) is 5.60. The number of amides is 1. The average molecular weight is 333 g/mol. The molecule has 0 aliphatic heterocycles. The van der Waals surface area contributed by atoms with Crippen molar-refractivity contribution in [2.45, 2.75) is 19.9 Å². The zero-order valence-corrected chi connectivity index (χ0v) is 14.6. The third-order valence-corrected chi connectivity index (χ3v) is 4.03. The van der Waals surface area contributed by atoms with Crippen LogP contribution in [0.25, 0.3) is 0 Å². The van der Waals surface area contributed by atoms with Gasteiger partial charge in [0.2, 0.25) is 0 Å². The number of benzene rings is 2. The van der Waals surface area contributed by atoms with E-state index in [9.17, 15) is 10.1 Å². The highest BCUT2D eigenvalue weighted by atomic mass is 16.1. The number of carbonyl (C=O) groups excluding carboxylic acids is 1. The zero-order valence-electron chi connectivity index (χ0n) is 14.6. The van der Waals surface area contributed by atoms with Crippen molar-refractivity contribution in [3.8, 4) is 6.07 Å². The predicted octanol–water partition coefficient (Wildman–Crippen LogP) is 3.64. The summed E-state index contributed by atoms with van der Waals surface area (Å²) in [6.45, 7) is 5.47. The minimum Gasteiger partial charge on any atom is -0.377 e. The van der Waals surface area contributed by atoms with Gasteiger partial charge in [-0.25, -0.2) is 0 Å². The van der Waals surface area contributed by atoms with E-state index >= 15 is 0 Å². The molecule has 0 radical (unpaired) electrons. The van der Waals surface area contributed by atoms with Crippen LogP contribution in [0.1, 0.15) is 31.0 Å². The van der Waals surface area contributed by atoms with Crippen molar-refractivity contribution in [2.24, 2.45) is 0 Å². The lowest BCUT2D eigenvalue weighted by Gasteiger charge is -2.21. The van der Waals surface area contributed by atoms with Crippen LogP contribution in [-0.2, 0) is 4.79 Å². The van der Waals surface area contributed by atoms with Gasteiger partial charge < -0.3 is 10.2 Å². The smallest absolute Gasteiger partial charge is 0.264 e. The van der Waals surface area contributed by atoms with Gasteiger partial charge in [0.05, 0.1) is 6.04 Å². The molecule has 0 bridgehead atoms. The summed E-state index contributed by atoms with van der Waals surface area (Å²) in [7, 11) is 0.